The van der Waals surface area contributed by atoms with Crippen LogP contribution in [0.4, 0.5) is 0 Å². The molecule has 1 N–H and O–H groups in total. The zero-order valence-corrected chi connectivity index (χ0v) is 12.7. The molecule has 0 aliphatic heterocycles. The number of hydrogen-bond acceptors (Lipinski definition) is 3. The lowest BCUT2D eigenvalue weighted by Crippen LogP contribution is -2.28. The van der Waals surface area contributed by atoms with Gasteiger partial charge < -0.3 is 14.6 Å². The van der Waals surface area contributed by atoms with Crippen LogP contribution in [0.15, 0.2) is 24.3 Å². The zero-order chi connectivity index (χ0) is 15.2. The molecule has 0 heterocycles. The Morgan fingerprint density at radius 1 is 1.29 bits per heavy atom. The fraction of sp³-hybridized carbons (Fsp3) is 0.588. The molecule has 2 rings (SSSR count). The molecule has 1 aromatic carbocycles. The monoisotopic (exact) mass is 292 g/mol. The molecule has 0 amide bonds. The van der Waals surface area contributed by atoms with E-state index in [0.29, 0.717) is 19.1 Å². The highest BCUT2D eigenvalue weighted by Crippen LogP contribution is 2.43. The van der Waals surface area contributed by atoms with E-state index in [1.807, 2.05) is 24.3 Å². The highest BCUT2D eigenvalue weighted by molar-refractivity contribution is 5.72. The van der Waals surface area contributed by atoms with Crippen LogP contribution in [0.2, 0.25) is 0 Å². The van der Waals surface area contributed by atoms with E-state index < -0.39 is 5.97 Å². The number of methoxy groups -OCH3 is 1. The largest absolute Gasteiger partial charge is 0.491 e. The minimum Gasteiger partial charge on any atom is -0.491 e. The normalized spacial score (nSPS) is 25.5. The first-order chi connectivity index (χ1) is 10.1. The summed E-state index contributed by atoms with van der Waals surface area (Å²) in [6.45, 7) is 3.20. The summed E-state index contributed by atoms with van der Waals surface area (Å²) in [6.07, 6.45) is 2.63. The summed E-state index contributed by atoms with van der Waals surface area (Å²) < 4.78 is 10.8. The molecule has 1 aromatic rings. The minimum absolute atomic E-state index is 0.0324. The van der Waals surface area contributed by atoms with Crippen molar-refractivity contribution in [1.29, 1.82) is 0 Å². The van der Waals surface area contributed by atoms with Crippen LogP contribution in [-0.2, 0) is 9.53 Å². The van der Waals surface area contributed by atoms with Gasteiger partial charge in [0.15, 0.2) is 0 Å². The molecule has 0 radical (unpaired) electrons. The van der Waals surface area contributed by atoms with Crippen LogP contribution in [0.1, 0.15) is 37.7 Å². The molecule has 1 saturated carbocycles. The summed E-state index contributed by atoms with van der Waals surface area (Å²) in [5.41, 5.74) is 1.02. The van der Waals surface area contributed by atoms with Gasteiger partial charge >= 0.3 is 5.97 Å². The Morgan fingerprint density at radius 3 is 2.76 bits per heavy atom. The first kappa shape index (κ1) is 15.8. The third kappa shape index (κ3) is 3.97. The molecule has 1 aliphatic rings. The van der Waals surface area contributed by atoms with Gasteiger partial charge in [0.2, 0.25) is 0 Å². The van der Waals surface area contributed by atoms with Crippen molar-refractivity contribution in [3.8, 4) is 5.75 Å². The van der Waals surface area contributed by atoms with Gasteiger partial charge in [-0.05, 0) is 36.8 Å². The van der Waals surface area contributed by atoms with Gasteiger partial charge in [0, 0.05) is 13.0 Å². The first-order valence-corrected chi connectivity index (χ1v) is 7.57. The van der Waals surface area contributed by atoms with Crippen molar-refractivity contribution >= 4 is 5.97 Å². The molecule has 0 spiro atoms. The maximum Gasteiger partial charge on any atom is 0.307 e. The van der Waals surface area contributed by atoms with Crippen molar-refractivity contribution in [3.63, 3.8) is 0 Å². The van der Waals surface area contributed by atoms with Crippen LogP contribution >= 0.6 is 0 Å². The average Bonchev–Trinajstić information content (AvgIpc) is 2.47. The van der Waals surface area contributed by atoms with Crippen molar-refractivity contribution in [1.82, 2.24) is 0 Å². The maximum absolute atomic E-state index is 11.6. The Hall–Kier alpha value is -1.55. The van der Waals surface area contributed by atoms with Crippen LogP contribution in [-0.4, -0.2) is 31.4 Å². The molecule has 4 heteroatoms. The van der Waals surface area contributed by atoms with Gasteiger partial charge in [0.25, 0.3) is 0 Å². The molecule has 21 heavy (non-hydrogen) atoms. The number of carbonyl (C=O) groups is 1. The predicted molar refractivity (Wildman–Crippen MR) is 80.7 cm³/mol. The van der Waals surface area contributed by atoms with Crippen molar-refractivity contribution in [3.05, 3.63) is 29.8 Å². The predicted octanol–water partition coefficient (Wildman–Crippen LogP) is 3.32. The number of ether oxygens (including phenoxy) is 2. The second-order valence-electron chi connectivity index (χ2n) is 5.85. The molecule has 116 valence electrons. The third-order valence-electron chi connectivity index (χ3n) is 4.29. The molecule has 0 saturated heterocycles. The van der Waals surface area contributed by atoms with Crippen LogP contribution in [0.25, 0.3) is 0 Å². The van der Waals surface area contributed by atoms with E-state index in [-0.39, 0.29) is 11.8 Å². The quantitative estimate of drug-likeness (QED) is 0.817. The number of aliphatic carboxylic acids is 1. The van der Waals surface area contributed by atoms with Gasteiger partial charge in [-0.2, -0.15) is 0 Å². The lowest BCUT2D eigenvalue weighted by atomic mass is 9.71. The summed E-state index contributed by atoms with van der Waals surface area (Å²) in [4.78, 5) is 11.6. The fourth-order valence-corrected chi connectivity index (χ4v) is 3.17. The SMILES string of the molecule is COCCOc1ccccc1C1CC(C)CCC1C(=O)O. The van der Waals surface area contributed by atoms with Gasteiger partial charge in [-0.15, -0.1) is 0 Å². The number of benzene rings is 1. The first-order valence-electron chi connectivity index (χ1n) is 7.57. The highest BCUT2D eigenvalue weighted by Gasteiger charge is 2.35. The Labute approximate surface area is 126 Å². The van der Waals surface area contributed by atoms with Gasteiger partial charge in [0.05, 0.1) is 12.5 Å². The molecular weight excluding hydrogens is 268 g/mol. The van der Waals surface area contributed by atoms with Gasteiger partial charge in [-0.3, -0.25) is 4.79 Å². The molecule has 4 nitrogen and oxygen atoms in total. The Morgan fingerprint density at radius 2 is 2.05 bits per heavy atom. The average molecular weight is 292 g/mol. The van der Waals surface area contributed by atoms with Crippen molar-refractivity contribution in [2.75, 3.05) is 20.3 Å². The van der Waals surface area contributed by atoms with Crippen LogP contribution in [0, 0.1) is 11.8 Å². The summed E-state index contributed by atoms with van der Waals surface area (Å²) >= 11 is 0. The fourth-order valence-electron chi connectivity index (χ4n) is 3.17. The van der Waals surface area contributed by atoms with Gasteiger partial charge in [0.1, 0.15) is 12.4 Å². The smallest absolute Gasteiger partial charge is 0.307 e. The number of carboxylic acid groups (broad SMARTS) is 1. The second-order valence-corrected chi connectivity index (χ2v) is 5.85. The van der Waals surface area contributed by atoms with E-state index in [1.54, 1.807) is 7.11 Å². The molecular formula is C17H24O4. The highest BCUT2D eigenvalue weighted by atomic mass is 16.5. The number of rotatable bonds is 6. The summed E-state index contributed by atoms with van der Waals surface area (Å²) in [5, 5.41) is 9.50. The lowest BCUT2D eigenvalue weighted by molar-refractivity contribution is -0.143. The van der Waals surface area contributed by atoms with E-state index in [9.17, 15) is 9.90 Å². The van der Waals surface area contributed by atoms with E-state index in [0.717, 1.165) is 30.6 Å². The van der Waals surface area contributed by atoms with E-state index in [4.69, 9.17) is 9.47 Å². The summed E-state index contributed by atoms with van der Waals surface area (Å²) in [7, 11) is 1.64. The lowest BCUT2D eigenvalue weighted by Gasteiger charge is -2.33. The van der Waals surface area contributed by atoms with E-state index in [2.05, 4.69) is 6.92 Å². The number of para-hydroxylation sites is 1. The standard InChI is InChI=1S/C17H24O4/c1-12-7-8-14(17(18)19)15(11-12)13-5-3-4-6-16(13)21-10-9-20-2/h3-6,12,14-15H,7-11H2,1-2H3,(H,18,19). The number of hydrogen-bond donors (Lipinski definition) is 1. The third-order valence-corrected chi connectivity index (χ3v) is 4.29. The summed E-state index contributed by atoms with van der Waals surface area (Å²) in [5.74, 6) is 0.370. The maximum atomic E-state index is 11.6. The summed E-state index contributed by atoms with van der Waals surface area (Å²) in [6, 6.07) is 7.80. The van der Waals surface area contributed by atoms with Crippen molar-refractivity contribution < 1.29 is 19.4 Å². The topological polar surface area (TPSA) is 55.8 Å². The van der Waals surface area contributed by atoms with Crippen LogP contribution in [0.5, 0.6) is 5.75 Å². The van der Waals surface area contributed by atoms with Crippen molar-refractivity contribution in [2.45, 2.75) is 32.1 Å². The van der Waals surface area contributed by atoms with Crippen LogP contribution < -0.4 is 4.74 Å². The van der Waals surface area contributed by atoms with E-state index in [1.165, 1.54) is 0 Å². The van der Waals surface area contributed by atoms with Crippen molar-refractivity contribution in [2.24, 2.45) is 11.8 Å². The minimum atomic E-state index is -0.696. The Bertz CT molecular complexity index is 472. The Balaban J connectivity index is 2.22. The number of carboxylic acids is 1. The van der Waals surface area contributed by atoms with Gasteiger partial charge in [-0.1, -0.05) is 25.1 Å². The molecule has 3 atom stereocenters. The molecule has 0 bridgehead atoms. The molecule has 1 aliphatic carbocycles. The Kier molecular flexibility index (Phi) is 5.62. The second kappa shape index (κ2) is 7.46. The van der Waals surface area contributed by atoms with E-state index >= 15 is 0 Å². The zero-order valence-electron chi connectivity index (χ0n) is 12.7. The molecule has 3 unspecified atom stereocenters. The van der Waals surface area contributed by atoms with Crippen LogP contribution in [0.3, 0.4) is 0 Å². The van der Waals surface area contributed by atoms with Gasteiger partial charge in [-0.25, -0.2) is 0 Å². The molecule has 0 aromatic heterocycles. The molecule has 1 fully saturated rings.